The van der Waals surface area contributed by atoms with Crippen LogP contribution in [0, 0.1) is 83.1 Å². The normalized spacial score (nSPS) is 12.2. The van der Waals surface area contributed by atoms with Gasteiger partial charge in [-0.15, -0.1) is 0 Å². The monoisotopic (exact) mass is 711 g/mol. The van der Waals surface area contributed by atoms with Gasteiger partial charge in [0, 0.05) is 0 Å². The third kappa shape index (κ3) is 6.72. The summed E-state index contributed by atoms with van der Waals surface area (Å²) in [5.74, 6) is 0. The number of hydrogen-bond acceptors (Lipinski definition) is 1. The molecule has 0 bridgehead atoms. The first-order valence-electron chi connectivity index (χ1n) is 17.2. The molecule has 0 N–H and O–H groups in total. The van der Waals surface area contributed by atoms with Crippen molar-refractivity contribution in [2.24, 2.45) is 0 Å². The molecule has 5 aromatic carbocycles. The van der Waals surface area contributed by atoms with Gasteiger partial charge >= 0.3 is 298 Å². The summed E-state index contributed by atoms with van der Waals surface area (Å²) < 4.78 is 11.8. The Balaban J connectivity index is 2.06. The molecule has 48 heavy (non-hydrogen) atoms. The van der Waals surface area contributed by atoms with Gasteiger partial charge in [-0.2, -0.15) is 0 Å². The third-order valence-corrected chi connectivity index (χ3v) is 22.4. The first kappa shape index (κ1) is 35.9. The van der Waals surface area contributed by atoms with Gasteiger partial charge in [0.2, 0.25) is 0 Å². The van der Waals surface area contributed by atoms with Crippen molar-refractivity contribution < 1.29 is 4.43 Å². The summed E-state index contributed by atoms with van der Waals surface area (Å²) in [4.78, 5) is 0. The Morgan fingerprint density at radius 3 is 1.10 bits per heavy atom. The summed E-state index contributed by atoms with van der Waals surface area (Å²) in [5, 5.41) is 2.76. The van der Waals surface area contributed by atoms with Crippen LogP contribution in [0.3, 0.4) is 0 Å². The summed E-state index contributed by atoms with van der Waals surface area (Å²) in [6.07, 6.45) is 0. The summed E-state index contributed by atoms with van der Waals surface area (Å²) in [5.41, 5.74) is 20.1. The Morgan fingerprint density at radius 2 is 0.792 bits per heavy atom. The van der Waals surface area contributed by atoms with Crippen molar-refractivity contribution in [3.63, 3.8) is 0 Å². The van der Waals surface area contributed by atoms with E-state index in [1.807, 2.05) is 7.11 Å². The first-order valence-corrected chi connectivity index (χ1v) is 22.4. The molecule has 0 unspecified atom stereocenters. The van der Waals surface area contributed by atoms with Crippen molar-refractivity contribution in [3.8, 4) is 0 Å². The van der Waals surface area contributed by atoms with E-state index in [-0.39, 0.29) is 0 Å². The molecule has 5 aromatic rings. The van der Waals surface area contributed by atoms with E-state index in [4.69, 9.17) is 4.43 Å². The second-order valence-electron chi connectivity index (χ2n) is 14.3. The van der Waals surface area contributed by atoms with Gasteiger partial charge in [-0.05, 0) is 0 Å². The Kier molecular flexibility index (Phi) is 10.6. The molecule has 5 rings (SSSR count). The van der Waals surface area contributed by atoms with Crippen molar-refractivity contribution in [1.29, 1.82) is 0 Å². The van der Waals surface area contributed by atoms with Crippen LogP contribution in [0.5, 0.6) is 0 Å². The Morgan fingerprint density at radius 1 is 0.479 bits per heavy atom. The molecule has 1 radical (unpaired) electrons. The minimum absolute atomic E-state index is 1.29. The van der Waals surface area contributed by atoms with Crippen LogP contribution in [0.15, 0.2) is 84.6 Å². The average molecular weight is 711 g/mol. The number of rotatable bonds is 8. The molecular weight excluding hydrogens is 657 g/mol. The molecule has 0 amide bonds. The van der Waals surface area contributed by atoms with Gasteiger partial charge in [-0.1, -0.05) is 0 Å². The maximum atomic E-state index is 7.24. The van der Waals surface area contributed by atoms with E-state index >= 15 is 0 Å². The van der Waals surface area contributed by atoms with E-state index < -0.39 is 22.7 Å². The topological polar surface area (TPSA) is 9.23 Å². The zero-order chi connectivity index (χ0) is 35.1. The summed E-state index contributed by atoms with van der Waals surface area (Å²) in [7, 11) is -1.05. The van der Waals surface area contributed by atoms with Crippen LogP contribution in [0.2, 0.25) is 0 Å². The molecule has 1 nitrogen and oxygen atoms in total. The molecule has 0 spiro atoms. The molecule has 0 aromatic heterocycles. The number of hydrogen-bond donors (Lipinski definition) is 0. The third-order valence-electron chi connectivity index (χ3n) is 9.97. The van der Waals surface area contributed by atoms with Gasteiger partial charge in [0.1, 0.15) is 0 Å². The summed E-state index contributed by atoms with van der Waals surface area (Å²) >= 11 is -2.54. The zero-order valence-electron chi connectivity index (χ0n) is 31.5. The average Bonchev–Trinajstić information content (AvgIpc) is 2.97. The van der Waals surface area contributed by atoms with E-state index in [0.29, 0.717) is 0 Å². The predicted molar refractivity (Wildman–Crippen MR) is 214 cm³/mol. The SMILES string of the molecule is CO[Si](C=[C](c1ccccc1)[Ge]([c]1c(C)cc(C)cc1C)[c]1c(C)cc(C)cc1C)(c1c(C)cc(C)cc1C)c1c(C)cc(C)cc1C. The van der Waals surface area contributed by atoms with E-state index in [1.165, 1.54) is 87.1 Å². The zero-order valence-corrected chi connectivity index (χ0v) is 34.6. The fourth-order valence-corrected chi connectivity index (χ4v) is 21.9. The molecule has 247 valence electrons. The molecule has 0 aliphatic heterocycles. The standard InChI is InChI=1S/C45H53GeOSi/c1-28-19-32(5)42(33(6)20-28)46(43-34(7)21-29(2)22-35(43)8)41(40-17-15-14-16-18-40)27-48(47-13,44-36(9)23-30(3)24-37(44)10)45-38(11)25-31(4)26-39(45)12/h14-27H,1-13H3. The molecule has 0 atom stereocenters. The minimum atomic E-state index is -3.03. The summed E-state index contributed by atoms with van der Waals surface area (Å²) in [6, 6.07) is 30.3. The van der Waals surface area contributed by atoms with Crippen LogP contribution in [0.25, 0.3) is 4.41 Å². The van der Waals surface area contributed by atoms with Crippen LogP contribution in [-0.4, -0.2) is 29.8 Å². The van der Waals surface area contributed by atoms with E-state index in [1.54, 1.807) is 8.79 Å². The van der Waals surface area contributed by atoms with Gasteiger partial charge in [0.05, 0.1) is 0 Å². The second kappa shape index (κ2) is 14.2. The molecule has 0 heterocycles. The van der Waals surface area contributed by atoms with Crippen molar-refractivity contribution in [2.75, 3.05) is 7.11 Å². The predicted octanol–water partition coefficient (Wildman–Crippen LogP) is 8.56. The quantitative estimate of drug-likeness (QED) is 0.147. The Hall–Kier alpha value is -3.44. The molecule has 0 saturated heterocycles. The van der Waals surface area contributed by atoms with Gasteiger partial charge < -0.3 is 0 Å². The van der Waals surface area contributed by atoms with Crippen molar-refractivity contribution in [1.82, 2.24) is 0 Å². The second-order valence-corrected chi connectivity index (χ2v) is 22.3. The van der Waals surface area contributed by atoms with Gasteiger partial charge in [0.25, 0.3) is 0 Å². The summed E-state index contributed by atoms with van der Waals surface area (Å²) in [6.45, 7) is 27.4. The number of aryl methyl sites for hydroxylation is 12. The van der Waals surface area contributed by atoms with Gasteiger partial charge in [0.15, 0.2) is 0 Å². The molecule has 3 heteroatoms. The van der Waals surface area contributed by atoms with Crippen molar-refractivity contribution in [2.45, 2.75) is 83.1 Å². The van der Waals surface area contributed by atoms with E-state index in [0.717, 1.165) is 0 Å². The fraction of sp³-hybridized carbons (Fsp3) is 0.289. The molecule has 0 saturated carbocycles. The van der Waals surface area contributed by atoms with Crippen molar-refractivity contribution in [3.05, 3.63) is 157 Å². The molecule has 0 fully saturated rings. The molecule has 0 aliphatic carbocycles. The van der Waals surface area contributed by atoms with Crippen LogP contribution in [-0.2, 0) is 4.43 Å². The van der Waals surface area contributed by atoms with Gasteiger partial charge in [-0.25, -0.2) is 0 Å². The van der Waals surface area contributed by atoms with Crippen LogP contribution in [0.4, 0.5) is 0 Å². The van der Waals surface area contributed by atoms with Crippen LogP contribution < -0.4 is 19.2 Å². The van der Waals surface area contributed by atoms with Crippen molar-refractivity contribution >= 4 is 46.2 Å². The fourth-order valence-electron chi connectivity index (χ4n) is 8.73. The molecular formula is C45H53GeOSi. The number of benzene rings is 5. The van der Waals surface area contributed by atoms with Gasteiger partial charge in [-0.3, -0.25) is 0 Å². The van der Waals surface area contributed by atoms with E-state index in [2.05, 4.69) is 168 Å². The van der Waals surface area contributed by atoms with E-state index in [9.17, 15) is 0 Å². The molecule has 0 aliphatic rings. The Bertz CT molecular complexity index is 1830. The van der Waals surface area contributed by atoms with Crippen LogP contribution >= 0.6 is 0 Å². The Labute approximate surface area is 296 Å². The first-order chi connectivity index (χ1) is 22.7. The van der Waals surface area contributed by atoms with Crippen LogP contribution in [0.1, 0.15) is 72.3 Å². The maximum absolute atomic E-state index is 7.24.